The minimum atomic E-state index is -0.142. The van der Waals surface area contributed by atoms with E-state index in [4.69, 9.17) is 9.98 Å². The van der Waals surface area contributed by atoms with E-state index < -0.39 is 0 Å². The second kappa shape index (κ2) is 7.44. The van der Waals surface area contributed by atoms with E-state index in [2.05, 4.69) is 41.1 Å². The summed E-state index contributed by atoms with van der Waals surface area (Å²) in [5.74, 6) is 1.20. The van der Waals surface area contributed by atoms with Crippen molar-refractivity contribution in [2.45, 2.75) is 64.7 Å². The van der Waals surface area contributed by atoms with Crippen molar-refractivity contribution in [2.24, 2.45) is 4.99 Å². The van der Waals surface area contributed by atoms with E-state index >= 15 is 0 Å². The van der Waals surface area contributed by atoms with Crippen molar-refractivity contribution in [3.63, 3.8) is 0 Å². The number of nitrogens with zero attached hydrogens (tertiary/aromatic N) is 4. The fourth-order valence-corrected chi connectivity index (χ4v) is 5.36. The van der Waals surface area contributed by atoms with Gasteiger partial charge < -0.3 is 15.1 Å². The first kappa shape index (κ1) is 18.6. The van der Waals surface area contributed by atoms with Crippen LogP contribution in [-0.2, 0) is 17.9 Å². The third-order valence-corrected chi connectivity index (χ3v) is 7.20. The second-order valence-corrected chi connectivity index (χ2v) is 9.22. The highest BCUT2D eigenvalue weighted by molar-refractivity contribution is 7.19. The first-order chi connectivity index (χ1) is 14.1. The molecule has 1 N–H and O–H groups in total. The number of aliphatic imine (C=N–C) groups is 1. The highest BCUT2D eigenvalue weighted by Crippen LogP contribution is 2.41. The molecule has 2 aliphatic heterocycles. The van der Waals surface area contributed by atoms with E-state index in [-0.39, 0.29) is 11.9 Å². The van der Waals surface area contributed by atoms with E-state index in [0.29, 0.717) is 12.6 Å². The molecule has 1 saturated carbocycles. The van der Waals surface area contributed by atoms with Crippen LogP contribution in [0, 0.1) is 6.92 Å². The van der Waals surface area contributed by atoms with Crippen molar-refractivity contribution in [3.8, 4) is 0 Å². The molecular weight excluding hydrogens is 382 g/mol. The summed E-state index contributed by atoms with van der Waals surface area (Å²) in [6.07, 6.45) is 4.41. The lowest BCUT2D eigenvalue weighted by Gasteiger charge is -2.26. The summed E-state index contributed by atoms with van der Waals surface area (Å²) >= 11 is 1.63. The molecule has 2 fully saturated rings. The molecule has 1 atom stereocenters. The monoisotopic (exact) mass is 409 g/mol. The number of hydrogen-bond acceptors (Lipinski definition) is 6. The highest BCUT2D eigenvalue weighted by Gasteiger charge is 2.36. The van der Waals surface area contributed by atoms with Crippen LogP contribution in [0.25, 0.3) is 0 Å². The molecule has 1 unspecified atom stereocenters. The molecule has 1 saturated heterocycles. The number of carbonyl (C=O) groups is 1. The molecule has 0 spiro atoms. The number of hydrogen-bond donors (Lipinski definition) is 1. The fraction of sp³-hybridized carbons (Fsp3) is 0.500. The molecule has 152 valence electrons. The molecule has 29 heavy (non-hydrogen) atoms. The van der Waals surface area contributed by atoms with Crippen LogP contribution in [-0.4, -0.2) is 40.3 Å². The number of aryl methyl sites for hydroxylation is 1. The third-order valence-electron chi connectivity index (χ3n) is 6.17. The van der Waals surface area contributed by atoms with Crippen molar-refractivity contribution in [3.05, 3.63) is 41.1 Å². The Kier molecular flexibility index (Phi) is 4.78. The first-order valence-electron chi connectivity index (χ1n) is 10.5. The zero-order valence-corrected chi connectivity index (χ0v) is 17.8. The molecule has 1 amide bonds. The molecule has 0 radical (unpaired) electrons. The summed E-state index contributed by atoms with van der Waals surface area (Å²) in [7, 11) is 0. The predicted molar refractivity (Wildman–Crippen MR) is 117 cm³/mol. The molecule has 0 bridgehead atoms. The van der Waals surface area contributed by atoms with Gasteiger partial charge in [0.15, 0.2) is 5.13 Å². The molecule has 7 heteroatoms. The Balaban J connectivity index is 1.29. The number of benzene rings is 1. The summed E-state index contributed by atoms with van der Waals surface area (Å²) in [6, 6.07) is 8.70. The van der Waals surface area contributed by atoms with Gasteiger partial charge in [0.2, 0.25) is 5.91 Å². The largest absolute Gasteiger partial charge is 0.351 e. The lowest BCUT2D eigenvalue weighted by Crippen LogP contribution is -2.43. The quantitative estimate of drug-likeness (QED) is 0.817. The Bertz CT molecular complexity index is 964. The molecule has 5 rings (SSSR count). The van der Waals surface area contributed by atoms with E-state index in [9.17, 15) is 4.79 Å². The minimum Gasteiger partial charge on any atom is -0.351 e. The van der Waals surface area contributed by atoms with Crippen LogP contribution in [0.5, 0.6) is 0 Å². The number of rotatable bonds is 5. The number of amidine groups is 1. The lowest BCUT2D eigenvalue weighted by atomic mass is 10.1. The maximum absolute atomic E-state index is 12.9. The van der Waals surface area contributed by atoms with Crippen molar-refractivity contribution in [2.75, 3.05) is 11.4 Å². The van der Waals surface area contributed by atoms with Gasteiger partial charge in [0.25, 0.3) is 0 Å². The van der Waals surface area contributed by atoms with Gasteiger partial charge in [0.1, 0.15) is 16.9 Å². The van der Waals surface area contributed by atoms with Crippen LogP contribution in [0.1, 0.15) is 49.4 Å². The van der Waals surface area contributed by atoms with E-state index in [1.54, 1.807) is 11.3 Å². The van der Waals surface area contributed by atoms with Crippen LogP contribution < -0.4 is 10.2 Å². The molecule has 1 aliphatic carbocycles. The number of amides is 1. The molecule has 2 aromatic rings. The minimum absolute atomic E-state index is 0.0956. The van der Waals surface area contributed by atoms with Crippen molar-refractivity contribution in [1.29, 1.82) is 0 Å². The Hall–Kier alpha value is -2.41. The summed E-state index contributed by atoms with van der Waals surface area (Å²) < 4.78 is 0. The summed E-state index contributed by atoms with van der Waals surface area (Å²) in [4.78, 5) is 27.2. The molecular formula is C22H27N5OS. The van der Waals surface area contributed by atoms with Gasteiger partial charge in [-0.05, 0) is 50.7 Å². The number of aromatic nitrogens is 1. The molecule has 3 heterocycles. The summed E-state index contributed by atoms with van der Waals surface area (Å²) in [5, 5.41) is 5.10. The Morgan fingerprint density at radius 2 is 2.03 bits per heavy atom. The SMILES string of the molecule is CC1=Nc2sc(N3CCCC3C(=O)NCc3ccccc3C)nc2CN1C1CC1. The zero-order chi connectivity index (χ0) is 20.0. The van der Waals surface area contributed by atoms with Gasteiger partial charge in [-0.2, -0.15) is 0 Å². The Morgan fingerprint density at radius 3 is 2.83 bits per heavy atom. The van der Waals surface area contributed by atoms with Crippen molar-refractivity contribution < 1.29 is 4.79 Å². The highest BCUT2D eigenvalue weighted by atomic mass is 32.1. The van der Waals surface area contributed by atoms with Gasteiger partial charge in [0, 0.05) is 19.1 Å². The van der Waals surface area contributed by atoms with Crippen molar-refractivity contribution in [1.82, 2.24) is 15.2 Å². The maximum Gasteiger partial charge on any atom is 0.243 e. The number of anilines is 1. The first-order valence-corrected chi connectivity index (χ1v) is 11.3. The van der Waals surface area contributed by atoms with E-state index in [1.807, 2.05) is 12.1 Å². The van der Waals surface area contributed by atoms with E-state index in [0.717, 1.165) is 47.6 Å². The fourth-order valence-electron chi connectivity index (χ4n) is 4.29. The number of nitrogens with one attached hydrogen (secondary N) is 1. The zero-order valence-electron chi connectivity index (χ0n) is 17.0. The van der Waals surface area contributed by atoms with Gasteiger partial charge in [0.05, 0.1) is 12.2 Å². The molecule has 6 nitrogen and oxygen atoms in total. The number of fused-ring (bicyclic) bond motifs is 1. The number of thiazole rings is 1. The van der Waals surface area contributed by atoms with Gasteiger partial charge in [-0.1, -0.05) is 35.6 Å². The van der Waals surface area contributed by atoms with E-state index in [1.165, 1.54) is 24.0 Å². The van der Waals surface area contributed by atoms with Gasteiger partial charge >= 0.3 is 0 Å². The topological polar surface area (TPSA) is 60.8 Å². The predicted octanol–water partition coefficient (Wildman–Crippen LogP) is 3.76. The normalized spacial score (nSPS) is 21.2. The lowest BCUT2D eigenvalue weighted by molar-refractivity contribution is -0.122. The summed E-state index contributed by atoms with van der Waals surface area (Å²) in [6.45, 7) is 6.48. The van der Waals surface area contributed by atoms with Gasteiger partial charge in [-0.25, -0.2) is 9.98 Å². The Morgan fingerprint density at radius 1 is 1.21 bits per heavy atom. The smallest absolute Gasteiger partial charge is 0.243 e. The average molecular weight is 410 g/mol. The van der Waals surface area contributed by atoms with Crippen LogP contribution in [0.2, 0.25) is 0 Å². The third kappa shape index (κ3) is 3.64. The second-order valence-electron chi connectivity index (χ2n) is 8.26. The summed E-state index contributed by atoms with van der Waals surface area (Å²) in [5.41, 5.74) is 3.44. The van der Waals surface area contributed by atoms with Crippen LogP contribution in [0.4, 0.5) is 10.1 Å². The molecule has 1 aromatic carbocycles. The maximum atomic E-state index is 12.9. The number of carbonyl (C=O) groups excluding carboxylic acids is 1. The van der Waals surface area contributed by atoms with Gasteiger partial charge in [-0.15, -0.1) is 0 Å². The van der Waals surface area contributed by atoms with Crippen LogP contribution in [0.3, 0.4) is 0 Å². The van der Waals surface area contributed by atoms with Crippen LogP contribution >= 0.6 is 11.3 Å². The molecule has 3 aliphatic rings. The van der Waals surface area contributed by atoms with Crippen molar-refractivity contribution >= 4 is 33.2 Å². The Labute approximate surface area is 175 Å². The molecule has 1 aromatic heterocycles. The van der Waals surface area contributed by atoms with Gasteiger partial charge in [-0.3, -0.25) is 4.79 Å². The average Bonchev–Trinajstić information content (AvgIpc) is 3.28. The van der Waals surface area contributed by atoms with Crippen LogP contribution in [0.15, 0.2) is 29.3 Å². The standard InChI is InChI=1S/C22H27N5OS/c1-14-6-3-4-7-16(14)12-23-20(28)19-8-5-11-26(19)22-25-18-13-27(17-9-10-17)15(2)24-21(18)29-22/h3-4,6-7,17,19H,5,8-13H2,1-2H3,(H,23,28).